The number of hydrogen-bond acceptors (Lipinski definition) is 5. The molecule has 1 saturated heterocycles. The van der Waals surface area contributed by atoms with Crippen LogP contribution in [-0.2, 0) is 26.5 Å². The quantitative estimate of drug-likeness (QED) is 0.645. The molecule has 2 aromatic carbocycles. The Labute approximate surface area is 160 Å². The third-order valence-electron chi connectivity index (χ3n) is 4.83. The lowest BCUT2D eigenvalue weighted by atomic mass is 9.84. The molecule has 1 atom stereocenters. The number of benzene rings is 2. The van der Waals surface area contributed by atoms with Gasteiger partial charge in [-0.3, -0.25) is 14.5 Å². The second-order valence-electron chi connectivity index (χ2n) is 6.61. The Bertz CT molecular complexity index is 963. The lowest BCUT2D eigenvalue weighted by Crippen LogP contribution is -2.47. The lowest BCUT2D eigenvalue weighted by Gasteiger charge is -2.33. The summed E-state index contributed by atoms with van der Waals surface area (Å²) in [5.74, 6) is -1.19. The van der Waals surface area contributed by atoms with Gasteiger partial charge in [-0.25, -0.2) is 9.18 Å². The Balaban J connectivity index is 1.47. The number of nitrogens with one attached hydrogen (secondary N) is 1. The summed E-state index contributed by atoms with van der Waals surface area (Å²) in [6.45, 7) is -0.409. The van der Waals surface area contributed by atoms with Gasteiger partial charge in [0.05, 0.1) is 6.61 Å². The molecule has 1 spiro atoms. The van der Waals surface area contributed by atoms with Crippen LogP contribution in [0.1, 0.15) is 17.5 Å². The van der Waals surface area contributed by atoms with Crippen molar-refractivity contribution in [1.29, 1.82) is 0 Å². The summed E-state index contributed by atoms with van der Waals surface area (Å²) in [5, 5.41) is 2.71. The Kier molecular flexibility index (Phi) is 4.46. The molecule has 0 unspecified atom stereocenters. The number of imide groups is 1. The molecule has 2 heterocycles. The van der Waals surface area contributed by atoms with Gasteiger partial charge in [-0.05, 0) is 23.8 Å². The molecule has 144 valence electrons. The third kappa shape index (κ3) is 3.06. The van der Waals surface area contributed by atoms with Crippen molar-refractivity contribution < 1.29 is 28.2 Å². The minimum absolute atomic E-state index is 0.151. The van der Waals surface area contributed by atoms with Crippen LogP contribution >= 0.6 is 0 Å². The van der Waals surface area contributed by atoms with Crippen molar-refractivity contribution >= 4 is 17.9 Å². The van der Waals surface area contributed by atoms with Gasteiger partial charge in [0, 0.05) is 12.0 Å². The predicted molar refractivity (Wildman–Crippen MR) is 94.7 cm³/mol. The van der Waals surface area contributed by atoms with Crippen LogP contribution < -0.4 is 10.1 Å². The highest BCUT2D eigenvalue weighted by Crippen LogP contribution is 2.40. The summed E-state index contributed by atoms with van der Waals surface area (Å²) in [5.41, 5.74) is -0.204. The van der Waals surface area contributed by atoms with Gasteiger partial charge in [-0.1, -0.05) is 30.3 Å². The largest absolute Gasteiger partial charge is 0.493 e. The first-order valence-corrected chi connectivity index (χ1v) is 8.76. The summed E-state index contributed by atoms with van der Waals surface area (Å²) < 4.78 is 23.8. The fourth-order valence-corrected chi connectivity index (χ4v) is 3.48. The first-order valence-electron chi connectivity index (χ1n) is 8.76. The van der Waals surface area contributed by atoms with Crippen LogP contribution in [0.5, 0.6) is 5.75 Å². The normalized spacial score (nSPS) is 20.5. The predicted octanol–water partition coefficient (Wildman–Crippen LogP) is 2.10. The summed E-state index contributed by atoms with van der Waals surface area (Å²) in [6, 6.07) is 12.0. The molecule has 8 heteroatoms. The van der Waals surface area contributed by atoms with E-state index >= 15 is 0 Å². The molecule has 1 N–H and O–H groups in total. The average molecular weight is 384 g/mol. The van der Waals surface area contributed by atoms with Crippen molar-refractivity contribution in [2.75, 3.05) is 13.2 Å². The molecule has 7 nitrogen and oxygen atoms in total. The summed E-state index contributed by atoms with van der Waals surface area (Å²) in [7, 11) is 0. The van der Waals surface area contributed by atoms with Crippen LogP contribution in [0, 0.1) is 5.82 Å². The van der Waals surface area contributed by atoms with Gasteiger partial charge in [-0.2, -0.15) is 0 Å². The van der Waals surface area contributed by atoms with E-state index in [2.05, 4.69) is 5.32 Å². The molecular weight excluding hydrogens is 367 g/mol. The van der Waals surface area contributed by atoms with E-state index in [1.54, 1.807) is 30.3 Å². The van der Waals surface area contributed by atoms with Gasteiger partial charge in [0.15, 0.2) is 5.54 Å². The van der Waals surface area contributed by atoms with Crippen molar-refractivity contribution in [3.63, 3.8) is 0 Å². The van der Waals surface area contributed by atoms with Crippen LogP contribution in [-0.4, -0.2) is 36.0 Å². The van der Waals surface area contributed by atoms with Crippen LogP contribution in [0.2, 0.25) is 0 Å². The number of ether oxygens (including phenoxy) is 2. The molecule has 2 aliphatic heterocycles. The maximum atomic E-state index is 13.2. The second-order valence-corrected chi connectivity index (χ2v) is 6.61. The SMILES string of the molecule is O=C(CN1C(=O)N[C@@]2(CCOc3ccccc32)C1=O)OCc1cccc(F)c1. The number of rotatable bonds is 4. The number of urea groups is 1. The van der Waals surface area contributed by atoms with E-state index in [1.165, 1.54) is 18.2 Å². The number of nitrogens with zero attached hydrogens (tertiary/aromatic N) is 1. The van der Waals surface area contributed by atoms with E-state index in [-0.39, 0.29) is 19.6 Å². The highest BCUT2D eigenvalue weighted by Gasteiger charge is 2.55. The van der Waals surface area contributed by atoms with Gasteiger partial charge in [0.2, 0.25) is 0 Å². The molecule has 4 rings (SSSR count). The van der Waals surface area contributed by atoms with Gasteiger partial charge in [0.1, 0.15) is 24.7 Å². The van der Waals surface area contributed by atoms with E-state index in [0.717, 1.165) is 4.90 Å². The number of carbonyl (C=O) groups excluding carboxylic acids is 3. The number of hydrogen-bond donors (Lipinski definition) is 1. The van der Waals surface area contributed by atoms with Crippen molar-refractivity contribution in [1.82, 2.24) is 10.2 Å². The summed E-state index contributed by atoms with van der Waals surface area (Å²) in [6.07, 6.45) is 0.267. The number of halogens is 1. The maximum absolute atomic E-state index is 13.2. The Morgan fingerprint density at radius 2 is 2.04 bits per heavy atom. The molecule has 28 heavy (non-hydrogen) atoms. The molecule has 3 amide bonds. The number of para-hydroxylation sites is 1. The zero-order valence-corrected chi connectivity index (χ0v) is 14.8. The Hall–Kier alpha value is -3.42. The van der Waals surface area contributed by atoms with Crippen molar-refractivity contribution in [3.8, 4) is 5.75 Å². The van der Waals surface area contributed by atoms with Crippen LogP contribution in [0.25, 0.3) is 0 Å². The van der Waals surface area contributed by atoms with Gasteiger partial charge < -0.3 is 14.8 Å². The fraction of sp³-hybridized carbons (Fsp3) is 0.250. The van der Waals surface area contributed by atoms with Gasteiger partial charge in [-0.15, -0.1) is 0 Å². The van der Waals surface area contributed by atoms with E-state index in [9.17, 15) is 18.8 Å². The van der Waals surface area contributed by atoms with Crippen molar-refractivity contribution in [2.24, 2.45) is 0 Å². The lowest BCUT2D eigenvalue weighted by molar-refractivity contribution is -0.149. The molecular formula is C20H17FN2O5. The molecule has 0 saturated carbocycles. The minimum atomic E-state index is -1.24. The van der Waals surface area contributed by atoms with Crippen LogP contribution in [0.4, 0.5) is 9.18 Å². The minimum Gasteiger partial charge on any atom is -0.493 e. The number of fused-ring (bicyclic) bond motifs is 2. The zero-order valence-electron chi connectivity index (χ0n) is 14.8. The first-order chi connectivity index (χ1) is 13.5. The zero-order chi connectivity index (χ0) is 19.7. The average Bonchev–Trinajstić information content (AvgIpc) is 2.92. The monoisotopic (exact) mass is 384 g/mol. The highest BCUT2D eigenvalue weighted by molar-refractivity contribution is 6.09. The maximum Gasteiger partial charge on any atom is 0.326 e. The number of esters is 1. The van der Waals surface area contributed by atoms with E-state index in [0.29, 0.717) is 16.9 Å². The topological polar surface area (TPSA) is 84.9 Å². The second kappa shape index (κ2) is 6.95. The van der Waals surface area contributed by atoms with Crippen LogP contribution in [0.3, 0.4) is 0 Å². The molecule has 2 aliphatic rings. The Morgan fingerprint density at radius 1 is 1.21 bits per heavy atom. The molecule has 0 radical (unpaired) electrons. The first kappa shape index (κ1) is 18.0. The highest BCUT2D eigenvalue weighted by atomic mass is 19.1. The van der Waals surface area contributed by atoms with E-state index < -0.39 is 35.8 Å². The standard InChI is InChI=1S/C20H17FN2O5/c21-14-5-3-4-13(10-14)12-28-17(24)11-23-18(25)20(22-19(23)26)8-9-27-16-7-2-1-6-15(16)20/h1-7,10H,8-9,11-12H2,(H,22,26)/t20-/m1/s1. The smallest absolute Gasteiger partial charge is 0.326 e. The van der Waals surface area contributed by atoms with Gasteiger partial charge >= 0.3 is 12.0 Å². The van der Waals surface area contributed by atoms with Crippen molar-refractivity contribution in [3.05, 3.63) is 65.5 Å². The Morgan fingerprint density at radius 3 is 2.86 bits per heavy atom. The molecule has 0 aromatic heterocycles. The fourth-order valence-electron chi connectivity index (χ4n) is 3.48. The van der Waals surface area contributed by atoms with E-state index in [4.69, 9.17) is 9.47 Å². The summed E-state index contributed by atoms with van der Waals surface area (Å²) >= 11 is 0. The molecule has 0 bridgehead atoms. The molecule has 0 aliphatic carbocycles. The van der Waals surface area contributed by atoms with E-state index in [1.807, 2.05) is 0 Å². The van der Waals surface area contributed by atoms with Crippen LogP contribution in [0.15, 0.2) is 48.5 Å². The molecule has 1 fully saturated rings. The number of amides is 3. The van der Waals surface area contributed by atoms with Gasteiger partial charge in [0.25, 0.3) is 5.91 Å². The number of carbonyl (C=O) groups is 3. The molecule has 2 aromatic rings. The van der Waals surface area contributed by atoms with Crippen molar-refractivity contribution in [2.45, 2.75) is 18.6 Å². The third-order valence-corrected chi connectivity index (χ3v) is 4.83. The summed E-state index contributed by atoms with van der Waals surface area (Å²) in [4.78, 5) is 38.5.